The lowest BCUT2D eigenvalue weighted by Gasteiger charge is -2.23. The number of hydrogen-bond acceptors (Lipinski definition) is 6. The van der Waals surface area contributed by atoms with Crippen LogP contribution in [0.4, 0.5) is 5.69 Å². The summed E-state index contributed by atoms with van der Waals surface area (Å²) in [5.41, 5.74) is 8.27. The molecule has 2 N–H and O–H groups in total. The maximum atomic E-state index is 13.7. The van der Waals surface area contributed by atoms with Crippen molar-refractivity contribution < 1.29 is 19.1 Å². The molecule has 0 spiro atoms. The van der Waals surface area contributed by atoms with Gasteiger partial charge in [0, 0.05) is 26.5 Å². The average molecular weight is 516 g/mol. The van der Waals surface area contributed by atoms with Crippen molar-refractivity contribution in [1.82, 2.24) is 0 Å². The minimum atomic E-state index is -0.700. The molecule has 0 heterocycles. The molecule has 0 aromatic heterocycles. The molecule has 0 amide bonds. The molecule has 5 aromatic rings. The molecule has 0 saturated heterocycles. The zero-order chi connectivity index (χ0) is 26.4. The van der Waals surface area contributed by atoms with E-state index in [1.54, 1.807) is 42.5 Å². The first-order chi connectivity index (χ1) is 18.4. The molecular weight excluding hydrogens is 494 g/mol. The van der Waals surface area contributed by atoms with Gasteiger partial charge in [-0.1, -0.05) is 84.1 Å². The van der Waals surface area contributed by atoms with Gasteiger partial charge in [-0.05, 0) is 48.0 Å². The molecule has 5 nitrogen and oxygen atoms in total. The highest BCUT2D eigenvalue weighted by Gasteiger charge is 2.36. The number of ketones is 2. The Morgan fingerprint density at radius 1 is 0.737 bits per heavy atom. The number of aryl methyl sites for hydroxylation is 1. The summed E-state index contributed by atoms with van der Waals surface area (Å²) in [5, 5.41) is 2.12. The Kier molecular flexibility index (Phi) is 5.81. The Morgan fingerprint density at radius 2 is 1.37 bits per heavy atom. The highest BCUT2D eigenvalue weighted by atomic mass is 32.2. The smallest absolute Gasteiger partial charge is 0.345 e. The highest BCUT2D eigenvalue weighted by molar-refractivity contribution is 7.99. The number of benzene rings is 5. The van der Waals surface area contributed by atoms with Gasteiger partial charge in [0.25, 0.3) is 0 Å². The van der Waals surface area contributed by atoms with Gasteiger partial charge < -0.3 is 10.5 Å². The summed E-state index contributed by atoms with van der Waals surface area (Å²) >= 11 is 1.31. The molecule has 38 heavy (non-hydrogen) atoms. The molecule has 0 radical (unpaired) electrons. The van der Waals surface area contributed by atoms with E-state index in [2.05, 4.69) is 0 Å². The lowest BCUT2D eigenvalue weighted by atomic mass is 9.82. The fourth-order valence-corrected chi connectivity index (χ4v) is 5.71. The monoisotopic (exact) mass is 515 g/mol. The van der Waals surface area contributed by atoms with Gasteiger partial charge in [-0.15, -0.1) is 0 Å². The number of rotatable bonds is 4. The molecule has 1 aliphatic carbocycles. The van der Waals surface area contributed by atoms with Gasteiger partial charge in [0.1, 0.15) is 5.75 Å². The van der Waals surface area contributed by atoms with Crippen LogP contribution < -0.4 is 10.5 Å². The number of nitrogens with two attached hydrogens (primary N) is 1. The van der Waals surface area contributed by atoms with Crippen molar-refractivity contribution in [3.05, 3.63) is 130 Å². The quantitative estimate of drug-likeness (QED) is 0.157. The van der Waals surface area contributed by atoms with Crippen LogP contribution in [0.3, 0.4) is 0 Å². The molecule has 5 aromatic carbocycles. The molecule has 0 fully saturated rings. The van der Waals surface area contributed by atoms with Gasteiger partial charge in [-0.2, -0.15) is 0 Å². The Hall–Kier alpha value is -4.68. The van der Waals surface area contributed by atoms with E-state index in [1.807, 2.05) is 61.5 Å². The van der Waals surface area contributed by atoms with Crippen molar-refractivity contribution in [2.45, 2.75) is 16.7 Å². The normalized spacial score (nSPS) is 12.2. The van der Waals surface area contributed by atoms with Crippen LogP contribution in [-0.4, -0.2) is 17.5 Å². The fraction of sp³-hybridized carbons (Fsp3) is 0.0312. The van der Waals surface area contributed by atoms with Crippen molar-refractivity contribution in [3.8, 4) is 5.75 Å². The Balaban J connectivity index is 1.51. The van der Waals surface area contributed by atoms with Crippen molar-refractivity contribution in [2.24, 2.45) is 0 Å². The fourth-order valence-electron chi connectivity index (χ4n) is 4.66. The van der Waals surface area contributed by atoms with Gasteiger partial charge in [0.05, 0.1) is 16.8 Å². The number of fused-ring (bicyclic) bond motifs is 3. The number of hydrogen-bond donors (Lipinski definition) is 1. The highest BCUT2D eigenvalue weighted by Crippen LogP contribution is 2.42. The van der Waals surface area contributed by atoms with Crippen molar-refractivity contribution >= 4 is 45.8 Å². The molecule has 0 bridgehead atoms. The minimum Gasteiger partial charge on any atom is -0.423 e. The Labute approximate surface area is 223 Å². The summed E-state index contributed by atoms with van der Waals surface area (Å²) in [5.74, 6) is -1.04. The van der Waals surface area contributed by atoms with E-state index >= 15 is 0 Å². The van der Waals surface area contributed by atoms with E-state index in [0.29, 0.717) is 16.2 Å². The van der Waals surface area contributed by atoms with Crippen LogP contribution in [0, 0.1) is 6.92 Å². The summed E-state index contributed by atoms with van der Waals surface area (Å²) in [6, 6.07) is 29.2. The Morgan fingerprint density at radius 3 is 2.08 bits per heavy atom. The molecule has 1 aliphatic rings. The summed E-state index contributed by atoms with van der Waals surface area (Å²) in [6.45, 7) is 1.93. The van der Waals surface area contributed by atoms with E-state index in [0.717, 1.165) is 21.2 Å². The van der Waals surface area contributed by atoms with Gasteiger partial charge in [-0.25, -0.2) is 4.79 Å². The SMILES string of the molecule is Cc1ccc(OC(=O)c2cc(Sc3ccc4ccccc4c3)c3c(c2N)C(=O)c2ccccc2C3=O)cc1. The lowest BCUT2D eigenvalue weighted by Crippen LogP contribution is -2.25. The van der Waals surface area contributed by atoms with E-state index in [1.165, 1.54) is 11.8 Å². The number of anilines is 1. The van der Waals surface area contributed by atoms with Gasteiger partial charge in [0.2, 0.25) is 0 Å². The third-order valence-electron chi connectivity index (χ3n) is 6.60. The van der Waals surface area contributed by atoms with Crippen LogP contribution in [0.25, 0.3) is 10.8 Å². The largest absolute Gasteiger partial charge is 0.423 e. The van der Waals surface area contributed by atoms with Crippen LogP contribution in [0.15, 0.2) is 107 Å². The Bertz CT molecular complexity index is 1790. The van der Waals surface area contributed by atoms with E-state index in [-0.39, 0.29) is 33.7 Å². The number of nitrogen functional groups attached to an aromatic ring is 1. The molecule has 0 atom stereocenters. The van der Waals surface area contributed by atoms with Crippen molar-refractivity contribution in [3.63, 3.8) is 0 Å². The lowest BCUT2D eigenvalue weighted by molar-refractivity contribution is 0.0735. The first-order valence-corrected chi connectivity index (χ1v) is 12.8. The molecule has 0 saturated carbocycles. The van der Waals surface area contributed by atoms with E-state index < -0.39 is 11.8 Å². The first-order valence-electron chi connectivity index (χ1n) is 12.0. The zero-order valence-corrected chi connectivity index (χ0v) is 21.2. The first kappa shape index (κ1) is 23.7. The molecule has 6 rings (SSSR count). The van der Waals surface area contributed by atoms with Crippen LogP contribution in [-0.2, 0) is 0 Å². The van der Waals surface area contributed by atoms with Gasteiger partial charge in [-0.3, -0.25) is 9.59 Å². The van der Waals surface area contributed by atoms with Crippen molar-refractivity contribution in [2.75, 3.05) is 5.73 Å². The summed E-state index contributed by atoms with van der Waals surface area (Å²) in [7, 11) is 0. The van der Waals surface area contributed by atoms with E-state index in [9.17, 15) is 14.4 Å². The van der Waals surface area contributed by atoms with Crippen LogP contribution in [0.1, 0.15) is 47.8 Å². The van der Waals surface area contributed by atoms with Gasteiger partial charge >= 0.3 is 5.97 Å². The van der Waals surface area contributed by atoms with Gasteiger partial charge in [0.15, 0.2) is 11.6 Å². The molecule has 6 heteroatoms. The zero-order valence-electron chi connectivity index (χ0n) is 20.4. The summed E-state index contributed by atoms with van der Waals surface area (Å²) < 4.78 is 5.60. The predicted molar refractivity (Wildman–Crippen MR) is 148 cm³/mol. The number of esters is 1. The second-order valence-corrected chi connectivity index (χ2v) is 10.2. The topological polar surface area (TPSA) is 86.5 Å². The van der Waals surface area contributed by atoms with E-state index in [4.69, 9.17) is 10.5 Å². The molecule has 0 aliphatic heterocycles. The number of ether oxygens (including phenoxy) is 1. The number of carbonyl (C=O) groups excluding carboxylic acids is 3. The molecule has 184 valence electrons. The van der Waals surface area contributed by atoms with Crippen molar-refractivity contribution in [1.29, 1.82) is 0 Å². The maximum Gasteiger partial charge on any atom is 0.345 e. The minimum absolute atomic E-state index is 0.0353. The molecule has 0 unspecified atom stereocenters. The third-order valence-corrected chi connectivity index (χ3v) is 7.63. The van der Waals surface area contributed by atoms with Crippen LogP contribution in [0.5, 0.6) is 5.75 Å². The second-order valence-electron chi connectivity index (χ2n) is 9.10. The summed E-state index contributed by atoms with van der Waals surface area (Å²) in [4.78, 5) is 42.0. The molecular formula is C32H21NO4S. The van der Waals surface area contributed by atoms with Crippen LogP contribution >= 0.6 is 11.8 Å². The standard InChI is InChI=1S/C32H21NO4S/c1-18-10-13-21(14-11-18)37-32(36)25-17-26(38-22-15-12-19-6-2-3-7-20(19)16-22)27-28(29(25)33)31(35)24-9-5-4-8-23(24)30(27)34/h2-17H,33H2,1H3. The summed E-state index contributed by atoms with van der Waals surface area (Å²) in [6.07, 6.45) is 0. The predicted octanol–water partition coefficient (Wildman–Crippen LogP) is 6.88. The maximum absolute atomic E-state index is 13.7. The van der Waals surface area contributed by atoms with Crippen LogP contribution in [0.2, 0.25) is 0 Å². The number of carbonyl (C=O) groups is 3. The second kappa shape index (κ2) is 9.32. The third kappa shape index (κ3) is 4.05. The average Bonchev–Trinajstić information content (AvgIpc) is 2.93.